The van der Waals surface area contributed by atoms with Crippen LogP contribution in [0.25, 0.3) is 0 Å². The molecule has 5 nitrogen and oxygen atoms in total. The number of rotatable bonds is 2. The van der Waals surface area contributed by atoms with Crippen LogP contribution in [0.2, 0.25) is 0 Å². The second-order valence-corrected chi connectivity index (χ2v) is 5.88. The molecule has 116 valence electrons. The first-order chi connectivity index (χ1) is 9.84. The van der Waals surface area contributed by atoms with Crippen LogP contribution in [0.5, 0.6) is 0 Å². The highest BCUT2D eigenvalue weighted by molar-refractivity contribution is 5.51. The fraction of sp³-hybridized carbons (Fsp3) is 0.692. The molecule has 1 aromatic rings. The van der Waals surface area contributed by atoms with Gasteiger partial charge in [-0.2, -0.15) is 13.2 Å². The lowest BCUT2D eigenvalue weighted by Crippen LogP contribution is -2.28. The molecule has 0 aliphatic carbocycles. The summed E-state index contributed by atoms with van der Waals surface area (Å²) >= 11 is 0. The van der Waals surface area contributed by atoms with Crippen LogP contribution in [-0.4, -0.2) is 50.2 Å². The number of anilines is 2. The van der Waals surface area contributed by atoms with Crippen molar-refractivity contribution in [1.82, 2.24) is 15.3 Å². The molecule has 2 aliphatic rings. The lowest BCUT2D eigenvalue weighted by atomic mass is 10.0. The van der Waals surface area contributed by atoms with Gasteiger partial charge in [0, 0.05) is 46.3 Å². The molecule has 0 spiro atoms. The molecule has 1 aromatic heterocycles. The molecule has 2 atom stereocenters. The second-order valence-electron chi connectivity index (χ2n) is 5.88. The third-order valence-electron chi connectivity index (χ3n) is 4.12. The maximum atomic E-state index is 13.0. The largest absolute Gasteiger partial charge is 0.451 e. The minimum Gasteiger partial charge on any atom is -0.363 e. The lowest BCUT2D eigenvalue weighted by Gasteiger charge is -2.22. The summed E-state index contributed by atoms with van der Waals surface area (Å²) in [6.07, 6.45) is -4.53. The Labute approximate surface area is 121 Å². The number of hydrogen-bond acceptors (Lipinski definition) is 5. The highest BCUT2D eigenvalue weighted by Crippen LogP contribution is 2.33. The zero-order valence-corrected chi connectivity index (χ0v) is 12.0. The van der Waals surface area contributed by atoms with Crippen LogP contribution < -0.4 is 15.1 Å². The van der Waals surface area contributed by atoms with Gasteiger partial charge < -0.3 is 15.1 Å². The maximum Gasteiger partial charge on any atom is 0.451 e. The standard InChI is InChI=1S/C13H18F3N5/c1-20(2)10-3-11(19-12(18-10)13(14,15)16)21-6-8-4-17-5-9(8)7-21/h3,8-9,17H,4-7H2,1-2H3. The minimum absolute atomic E-state index is 0.280. The monoisotopic (exact) mass is 301 g/mol. The van der Waals surface area contributed by atoms with Crippen LogP contribution in [0, 0.1) is 11.8 Å². The summed E-state index contributed by atoms with van der Waals surface area (Å²) in [6, 6.07) is 1.63. The molecule has 2 fully saturated rings. The van der Waals surface area contributed by atoms with E-state index in [2.05, 4.69) is 15.3 Å². The first-order valence-electron chi connectivity index (χ1n) is 6.94. The van der Waals surface area contributed by atoms with Crippen LogP contribution in [0.3, 0.4) is 0 Å². The quantitative estimate of drug-likeness (QED) is 0.890. The summed E-state index contributed by atoms with van der Waals surface area (Å²) in [7, 11) is 3.35. The van der Waals surface area contributed by atoms with Crippen LogP contribution in [0.4, 0.5) is 24.8 Å². The number of nitrogens with one attached hydrogen (secondary N) is 1. The van der Waals surface area contributed by atoms with Gasteiger partial charge in [0.1, 0.15) is 11.6 Å². The van der Waals surface area contributed by atoms with Crippen molar-refractivity contribution in [2.24, 2.45) is 11.8 Å². The molecule has 3 rings (SSSR count). The van der Waals surface area contributed by atoms with Gasteiger partial charge in [-0.1, -0.05) is 0 Å². The number of nitrogens with zero attached hydrogens (tertiary/aromatic N) is 4. The molecule has 0 amide bonds. The lowest BCUT2D eigenvalue weighted by molar-refractivity contribution is -0.144. The summed E-state index contributed by atoms with van der Waals surface area (Å²) in [5, 5.41) is 3.31. The van der Waals surface area contributed by atoms with E-state index in [0.29, 0.717) is 17.7 Å². The molecule has 2 saturated heterocycles. The van der Waals surface area contributed by atoms with Crippen molar-refractivity contribution in [1.29, 1.82) is 0 Å². The first kappa shape index (κ1) is 14.4. The molecule has 0 aromatic carbocycles. The Bertz CT molecular complexity index is 519. The third-order valence-corrected chi connectivity index (χ3v) is 4.12. The Morgan fingerprint density at radius 2 is 1.81 bits per heavy atom. The number of halogens is 3. The molecular formula is C13H18F3N5. The normalized spacial score (nSPS) is 25.3. The van der Waals surface area contributed by atoms with Gasteiger partial charge in [-0.05, 0) is 11.8 Å². The SMILES string of the molecule is CN(C)c1cc(N2CC3CNCC3C2)nc(C(F)(F)F)n1. The van der Waals surface area contributed by atoms with Gasteiger partial charge >= 0.3 is 6.18 Å². The third kappa shape index (κ3) is 2.76. The Morgan fingerprint density at radius 3 is 2.33 bits per heavy atom. The van der Waals surface area contributed by atoms with Gasteiger partial charge in [0.15, 0.2) is 0 Å². The second kappa shape index (κ2) is 5.01. The average molecular weight is 301 g/mol. The average Bonchev–Trinajstić information content (AvgIpc) is 2.97. The molecular weight excluding hydrogens is 283 g/mol. The fourth-order valence-electron chi connectivity index (χ4n) is 2.98. The van der Waals surface area contributed by atoms with Crippen molar-refractivity contribution in [2.75, 3.05) is 50.1 Å². The topological polar surface area (TPSA) is 44.3 Å². The van der Waals surface area contributed by atoms with Crippen molar-refractivity contribution in [3.63, 3.8) is 0 Å². The van der Waals surface area contributed by atoms with Gasteiger partial charge in [-0.15, -0.1) is 0 Å². The van der Waals surface area contributed by atoms with Crippen molar-refractivity contribution in [3.8, 4) is 0 Å². The highest BCUT2D eigenvalue weighted by atomic mass is 19.4. The van der Waals surface area contributed by atoms with E-state index >= 15 is 0 Å². The van der Waals surface area contributed by atoms with Crippen LogP contribution in [0.1, 0.15) is 5.82 Å². The zero-order chi connectivity index (χ0) is 15.2. The van der Waals surface area contributed by atoms with Crippen LogP contribution in [-0.2, 0) is 6.18 Å². The molecule has 0 saturated carbocycles. The van der Waals surface area contributed by atoms with Gasteiger partial charge in [0.25, 0.3) is 0 Å². The molecule has 8 heteroatoms. The summed E-state index contributed by atoms with van der Waals surface area (Å²) in [5.74, 6) is 0.575. The Kier molecular flexibility index (Phi) is 3.43. The van der Waals surface area contributed by atoms with Crippen molar-refractivity contribution in [2.45, 2.75) is 6.18 Å². The van der Waals surface area contributed by atoms with Crippen LogP contribution in [0.15, 0.2) is 6.07 Å². The smallest absolute Gasteiger partial charge is 0.363 e. The van der Waals surface area contributed by atoms with E-state index in [1.54, 1.807) is 25.1 Å². The molecule has 1 N–H and O–H groups in total. The predicted octanol–water partition coefficient (Wildman–Crippen LogP) is 1.22. The first-order valence-corrected chi connectivity index (χ1v) is 6.94. The summed E-state index contributed by atoms with van der Waals surface area (Å²) in [5.41, 5.74) is 0. The Balaban J connectivity index is 1.92. The molecule has 2 aliphatic heterocycles. The van der Waals surface area contributed by atoms with E-state index in [9.17, 15) is 13.2 Å². The molecule has 0 bridgehead atoms. The van der Waals surface area contributed by atoms with Gasteiger partial charge in [0.2, 0.25) is 5.82 Å². The summed E-state index contributed by atoms with van der Waals surface area (Å²) in [4.78, 5) is 10.9. The molecule has 2 unspecified atom stereocenters. The number of hydrogen-bond donors (Lipinski definition) is 1. The van der Waals surface area contributed by atoms with E-state index in [-0.39, 0.29) is 5.82 Å². The predicted molar refractivity (Wildman–Crippen MR) is 73.4 cm³/mol. The van der Waals surface area contributed by atoms with Crippen LogP contribution >= 0.6 is 0 Å². The zero-order valence-electron chi connectivity index (χ0n) is 12.0. The van der Waals surface area contributed by atoms with E-state index in [0.717, 1.165) is 26.2 Å². The molecule has 3 heterocycles. The van der Waals surface area contributed by atoms with Crippen molar-refractivity contribution in [3.05, 3.63) is 11.9 Å². The van der Waals surface area contributed by atoms with Gasteiger partial charge in [0.05, 0.1) is 0 Å². The summed E-state index contributed by atoms with van der Waals surface area (Å²) < 4.78 is 38.9. The minimum atomic E-state index is -4.53. The Hall–Kier alpha value is -1.57. The number of alkyl halides is 3. The summed E-state index contributed by atoms with van der Waals surface area (Å²) in [6.45, 7) is 3.36. The van der Waals surface area contributed by atoms with Gasteiger partial charge in [-0.25, -0.2) is 9.97 Å². The van der Waals surface area contributed by atoms with Crippen molar-refractivity contribution < 1.29 is 13.2 Å². The fourth-order valence-corrected chi connectivity index (χ4v) is 2.98. The molecule has 0 radical (unpaired) electrons. The number of aromatic nitrogens is 2. The molecule has 21 heavy (non-hydrogen) atoms. The van der Waals surface area contributed by atoms with E-state index in [1.807, 2.05) is 4.90 Å². The van der Waals surface area contributed by atoms with Crippen molar-refractivity contribution >= 4 is 11.6 Å². The Morgan fingerprint density at radius 1 is 1.19 bits per heavy atom. The van der Waals surface area contributed by atoms with E-state index in [1.165, 1.54) is 0 Å². The maximum absolute atomic E-state index is 13.0. The van der Waals surface area contributed by atoms with E-state index in [4.69, 9.17) is 0 Å². The van der Waals surface area contributed by atoms with Gasteiger partial charge in [-0.3, -0.25) is 0 Å². The van der Waals surface area contributed by atoms with E-state index < -0.39 is 12.0 Å². The number of fused-ring (bicyclic) bond motifs is 1. The highest BCUT2D eigenvalue weighted by Gasteiger charge is 2.39.